The molecule has 0 aromatic heterocycles. The normalized spacial score (nSPS) is 14.1. The van der Waals surface area contributed by atoms with Crippen LogP contribution in [0.2, 0.25) is 0 Å². The molecule has 192 valence electrons. The first kappa shape index (κ1) is 30.6. The first-order chi connectivity index (χ1) is 15.8. The van der Waals surface area contributed by atoms with Crippen molar-refractivity contribution in [2.45, 2.75) is 56.3 Å². The number of amides is 6. The number of aliphatic carboxylic acids is 1. The zero-order valence-electron chi connectivity index (χ0n) is 18.6. The monoisotopic (exact) mass is 505 g/mol. The Morgan fingerprint density at radius 1 is 0.735 bits per heavy atom. The second-order valence-corrected chi connectivity index (χ2v) is 8.24. The van der Waals surface area contributed by atoms with Crippen LogP contribution in [0.25, 0.3) is 0 Å². The molecule has 4 unspecified atom stereocenters. The van der Waals surface area contributed by atoms with Crippen LogP contribution in [0.1, 0.15) is 32.1 Å². The van der Waals surface area contributed by atoms with Crippen LogP contribution in [0, 0.1) is 0 Å². The number of carbonyl (C=O) groups excluding carboxylic acids is 6. The van der Waals surface area contributed by atoms with E-state index in [0.29, 0.717) is 5.75 Å². The summed E-state index contributed by atoms with van der Waals surface area (Å²) in [5, 5.41) is 15.9. The molecule has 0 bridgehead atoms. The maximum atomic E-state index is 12.8. The van der Waals surface area contributed by atoms with Gasteiger partial charge >= 0.3 is 5.97 Å². The number of primary amides is 3. The van der Waals surface area contributed by atoms with Crippen LogP contribution in [0.15, 0.2) is 0 Å². The van der Waals surface area contributed by atoms with Gasteiger partial charge in [0.15, 0.2) is 0 Å². The second-order valence-electron chi connectivity index (χ2n) is 7.26. The van der Waals surface area contributed by atoms with Crippen molar-refractivity contribution in [1.29, 1.82) is 0 Å². The van der Waals surface area contributed by atoms with Gasteiger partial charge in [0.05, 0.1) is 18.9 Å². The number of thioether (sulfide) groups is 1. The first-order valence-electron chi connectivity index (χ1n) is 10.0. The highest BCUT2D eigenvalue weighted by atomic mass is 32.2. The van der Waals surface area contributed by atoms with Crippen molar-refractivity contribution < 1.29 is 38.7 Å². The fraction of sp³-hybridized carbons (Fsp3) is 0.611. The molecule has 16 heteroatoms. The number of carbonyl (C=O) groups is 7. The minimum Gasteiger partial charge on any atom is -0.480 e. The van der Waals surface area contributed by atoms with E-state index in [-0.39, 0.29) is 19.3 Å². The Balaban J connectivity index is 5.47. The Morgan fingerprint density at radius 2 is 1.21 bits per heavy atom. The van der Waals surface area contributed by atoms with Crippen molar-refractivity contribution >= 4 is 53.2 Å². The molecule has 0 heterocycles. The summed E-state index contributed by atoms with van der Waals surface area (Å²) in [4.78, 5) is 82.2. The Hall–Kier alpha value is -3.40. The lowest BCUT2D eigenvalue weighted by Gasteiger charge is -2.24. The molecule has 6 amide bonds. The van der Waals surface area contributed by atoms with E-state index in [0.717, 1.165) is 0 Å². The van der Waals surface area contributed by atoms with Gasteiger partial charge in [-0.1, -0.05) is 0 Å². The van der Waals surface area contributed by atoms with Crippen LogP contribution in [0.3, 0.4) is 0 Å². The topological polar surface area (TPSA) is 280 Å². The van der Waals surface area contributed by atoms with Gasteiger partial charge < -0.3 is 44.0 Å². The van der Waals surface area contributed by atoms with Crippen LogP contribution in [-0.4, -0.2) is 82.7 Å². The van der Waals surface area contributed by atoms with Crippen LogP contribution in [0.5, 0.6) is 0 Å². The van der Waals surface area contributed by atoms with Crippen LogP contribution < -0.4 is 38.9 Å². The number of hydrogen-bond donors (Lipinski definition) is 8. The van der Waals surface area contributed by atoms with Crippen molar-refractivity contribution in [2.75, 3.05) is 12.0 Å². The van der Waals surface area contributed by atoms with Crippen molar-refractivity contribution in [3.05, 3.63) is 0 Å². The first-order valence-corrected chi connectivity index (χ1v) is 11.4. The van der Waals surface area contributed by atoms with Gasteiger partial charge in [-0.15, -0.1) is 0 Å². The van der Waals surface area contributed by atoms with Crippen LogP contribution >= 0.6 is 11.8 Å². The second kappa shape index (κ2) is 15.4. The molecule has 0 radical (unpaired) electrons. The van der Waals surface area contributed by atoms with Gasteiger partial charge in [0, 0.05) is 6.42 Å². The van der Waals surface area contributed by atoms with Crippen molar-refractivity contribution in [3.63, 3.8) is 0 Å². The molecule has 0 fully saturated rings. The Labute approximate surface area is 199 Å². The summed E-state index contributed by atoms with van der Waals surface area (Å²) >= 11 is 1.33. The van der Waals surface area contributed by atoms with E-state index in [2.05, 4.69) is 16.0 Å². The smallest absolute Gasteiger partial charge is 0.326 e. The summed E-state index contributed by atoms with van der Waals surface area (Å²) in [7, 11) is 0. The minimum absolute atomic E-state index is 0.0526. The summed E-state index contributed by atoms with van der Waals surface area (Å²) in [6.07, 6.45) is 0.185. The standard InChI is InChI=1S/C18H31N7O8S/c1-34-5-4-9(16(30)25-11(18(32)33)7-14(22)28)23-17(31)10(6-13(21)27)24-15(29)8(19)2-3-12(20)26/h8-11H,2-7,19H2,1H3,(H2,20,26)(H2,21,27)(H2,22,28)(H,23,31)(H,24,29)(H,25,30)(H,32,33). The van der Waals surface area contributed by atoms with Gasteiger partial charge in [0.25, 0.3) is 0 Å². The third-order valence-corrected chi connectivity index (χ3v) is 4.98. The highest BCUT2D eigenvalue weighted by molar-refractivity contribution is 7.98. The SMILES string of the molecule is CSCCC(NC(=O)C(CC(N)=O)NC(=O)C(N)CCC(N)=O)C(=O)NC(CC(N)=O)C(=O)O. The van der Waals surface area contributed by atoms with Crippen LogP contribution in [0.4, 0.5) is 0 Å². The van der Waals surface area contributed by atoms with E-state index in [4.69, 9.17) is 22.9 Å². The molecule has 0 aliphatic rings. The van der Waals surface area contributed by atoms with Gasteiger partial charge in [-0.05, 0) is 24.9 Å². The maximum absolute atomic E-state index is 12.8. The van der Waals surface area contributed by atoms with Crippen molar-refractivity contribution in [1.82, 2.24) is 16.0 Å². The number of carboxylic acid groups (broad SMARTS) is 1. The molecule has 15 nitrogen and oxygen atoms in total. The Morgan fingerprint density at radius 3 is 1.68 bits per heavy atom. The fourth-order valence-electron chi connectivity index (χ4n) is 2.57. The molecule has 0 saturated carbocycles. The summed E-state index contributed by atoms with van der Waals surface area (Å²) < 4.78 is 0. The average molecular weight is 506 g/mol. The van der Waals surface area contributed by atoms with Gasteiger partial charge in [-0.3, -0.25) is 28.8 Å². The number of hydrogen-bond acceptors (Lipinski definition) is 9. The number of carboxylic acids is 1. The van der Waals surface area contributed by atoms with E-state index in [9.17, 15) is 38.7 Å². The van der Waals surface area contributed by atoms with Gasteiger partial charge in [0.1, 0.15) is 18.1 Å². The van der Waals surface area contributed by atoms with Gasteiger partial charge in [-0.2, -0.15) is 11.8 Å². The average Bonchev–Trinajstić information content (AvgIpc) is 2.72. The summed E-state index contributed by atoms with van der Waals surface area (Å²) in [6.45, 7) is 0. The number of nitrogens with two attached hydrogens (primary N) is 4. The highest BCUT2D eigenvalue weighted by Gasteiger charge is 2.31. The third kappa shape index (κ3) is 12.6. The quantitative estimate of drug-likeness (QED) is 0.0939. The molecule has 0 aliphatic heterocycles. The zero-order chi connectivity index (χ0) is 26.4. The lowest BCUT2D eigenvalue weighted by atomic mass is 10.1. The molecular weight excluding hydrogens is 474 g/mol. The molecule has 4 atom stereocenters. The molecule has 0 aromatic carbocycles. The molecular formula is C18H31N7O8S. The molecule has 0 aliphatic carbocycles. The van der Waals surface area contributed by atoms with Crippen molar-refractivity contribution in [3.8, 4) is 0 Å². The van der Waals surface area contributed by atoms with E-state index in [1.165, 1.54) is 11.8 Å². The maximum Gasteiger partial charge on any atom is 0.326 e. The summed E-state index contributed by atoms with van der Waals surface area (Å²) in [5.74, 6) is -6.47. The fourth-order valence-corrected chi connectivity index (χ4v) is 3.04. The van der Waals surface area contributed by atoms with Gasteiger partial charge in [0.2, 0.25) is 35.4 Å². The van der Waals surface area contributed by atoms with E-state index < -0.39 is 78.4 Å². The van der Waals surface area contributed by atoms with E-state index >= 15 is 0 Å². The molecule has 12 N–H and O–H groups in total. The molecule has 0 saturated heterocycles. The van der Waals surface area contributed by atoms with E-state index in [1.807, 2.05) is 0 Å². The largest absolute Gasteiger partial charge is 0.480 e. The lowest BCUT2D eigenvalue weighted by molar-refractivity contribution is -0.143. The molecule has 0 aromatic rings. The molecule has 0 rings (SSSR count). The molecule has 34 heavy (non-hydrogen) atoms. The predicted molar refractivity (Wildman–Crippen MR) is 120 cm³/mol. The lowest BCUT2D eigenvalue weighted by Crippen LogP contribution is -2.58. The summed E-state index contributed by atoms with van der Waals surface area (Å²) in [6, 6.07) is -5.61. The Bertz CT molecular complexity index is 794. The van der Waals surface area contributed by atoms with Crippen LogP contribution in [-0.2, 0) is 33.6 Å². The Kier molecular flexibility index (Phi) is 13.9. The summed E-state index contributed by atoms with van der Waals surface area (Å²) in [5.41, 5.74) is 20.8. The highest BCUT2D eigenvalue weighted by Crippen LogP contribution is 2.05. The van der Waals surface area contributed by atoms with Crippen molar-refractivity contribution in [2.24, 2.45) is 22.9 Å². The number of rotatable bonds is 17. The minimum atomic E-state index is -1.62. The zero-order valence-corrected chi connectivity index (χ0v) is 19.4. The van der Waals surface area contributed by atoms with Gasteiger partial charge in [-0.25, -0.2) is 4.79 Å². The third-order valence-electron chi connectivity index (χ3n) is 4.34. The molecule has 0 spiro atoms. The number of nitrogens with one attached hydrogen (secondary N) is 3. The predicted octanol–water partition coefficient (Wildman–Crippen LogP) is -4.38. The van der Waals surface area contributed by atoms with E-state index in [1.54, 1.807) is 6.26 Å².